The Bertz CT molecular complexity index is 244. The van der Waals surface area contributed by atoms with Gasteiger partial charge in [-0.3, -0.25) is 0 Å². The third-order valence-electron chi connectivity index (χ3n) is 1.20. The van der Waals surface area contributed by atoms with Crippen LogP contribution in [0.1, 0.15) is 0 Å². The van der Waals surface area contributed by atoms with E-state index >= 15 is 0 Å². The highest BCUT2D eigenvalue weighted by Crippen LogP contribution is 2.08. The molecule has 2 N–H and O–H groups in total. The van der Waals surface area contributed by atoms with E-state index in [9.17, 15) is 0 Å². The van der Waals surface area contributed by atoms with Crippen molar-refractivity contribution in [2.24, 2.45) is 10.7 Å². The average Bonchev–Trinajstić information content (AvgIpc) is 2.06. The first-order chi connectivity index (χ1) is 5.33. The van der Waals surface area contributed by atoms with Crippen LogP contribution in [0.4, 0.5) is 5.69 Å². The van der Waals surface area contributed by atoms with Gasteiger partial charge in [-0.1, -0.05) is 18.2 Å². The molecule has 3 nitrogen and oxygen atoms in total. The summed E-state index contributed by atoms with van der Waals surface area (Å²) in [6.45, 7) is 0. The average molecular weight is 150 g/mol. The van der Waals surface area contributed by atoms with Crippen molar-refractivity contribution in [1.29, 1.82) is 0 Å². The second-order valence-corrected chi connectivity index (χ2v) is 1.99. The maximum atomic E-state index is 5.33. The van der Waals surface area contributed by atoms with E-state index in [0.717, 1.165) is 5.69 Å². The van der Waals surface area contributed by atoms with Gasteiger partial charge < -0.3 is 10.5 Å². The Morgan fingerprint density at radius 1 is 1.36 bits per heavy atom. The third kappa shape index (κ3) is 2.29. The summed E-state index contributed by atoms with van der Waals surface area (Å²) in [5, 5.41) is 0. The van der Waals surface area contributed by atoms with E-state index in [4.69, 9.17) is 5.73 Å². The molecule has 1 rings (SSSR count). The van der Waals surface area contributed by atoms with Crippen molar-refractivity contribution in [1.82, 2.24) is 0 Å². The lowest BCUT2D eigenvalue weighted by molar-refractivity contribution is 0.397. The molecule has 0 fully saturated rings. The summed E-state index contributed by atoms with van der Waals surface area (Å²) in [6.07, 6.45) is 0. The van der Waals surface area contributed by atoms with Gasteiger partial charge in [0, 0.05) is 0 Å². The third-order valence-corrected chi connectivity index (χ3v) is 1.20. The summed E-state index contributed by atoms with van der Waals surface area (Å²) in [5.41, 5.74) is 6.13. The van der Waals surface area contributed by atoms with Crippen LogP contribution in [0.5, 0.6) is 0 Å². The van der Waals surface area contributed by atoms with E-state index in [1.165, 1.54) is 7.11 Å². The Morgan fingerprint density at radius 2 is 2.00 bits per heavy atom. The molecule has 0 atom stereocenters. The number of rotatable bonds is 1. The van der Waals surface area contributed by atoms with Crippen molar-refractivity contribution >= 4 is 11.7 Å². The van der Waals surface area contributed by atoms with Crippen molar-refractivity contribution < 1.29 is 4.74 Å². The molecule has 1 aromatic rings. The molecule has 0 aliphatic carbocycles. The van der Waals surface area contributed by atoms with Crippen molar-refractivity contribution in [3.8, 4) is 0 Å². The number of nitrogens with zero attached hydrogens (tertiary/aromatic N) is 1. The van der Waals surface area contributed by atoms with Gasteiger partial charge >= 0.3 is 0 Å². The molecule has 0 saturated carbocycles. The molecule has 11 heavy (non-hydrogen) atoms. The molecule has 1 aromatic carbocycles. The molecule has 0 heterocycles. The zero-order valence-corrected chi connectivity index (χ0v) is 6.32. The maximum Gasteiger partial charge on any atom is 0.286 e. The first-order valence-corrected chi connectivity index (χ1v) is 3.26. The Hall–Kier alpha value is -1.51. The molecular weight excluding hydrogens is 140 g/mol. The van der Waals surface area contributed by atoms with Gasteiger partial charge in [0.1, 0.15) is 0 Å². The van der Waals surface area contributed by atoms with Crippen LogP contribution in [0.2, 0.25) is 0 Å². The number of amidine groups is 1. The van der Waals surface area contributed by atoms with Gasteiger partial charge in [0.05, 0.1) is 12.8 Å². The second kappa shape index (κ2) is 3.61. The van der Waals surface area contributed by atoms with Gasteiger partial charge in [0.15, 0.2) is 0 Å². The van der Waals surface area contributed by atoms with Gasteiger partial charge in [0.25, 0.3) is 6.02 Å². The number of benzene rings is 1. The number of para-hydroxylation sites is 1. The highest BCUT2D eigenvalue weighted by atomic mass is 16.5. The molecule has 58 valence electrons. The summed E-state index contributed by atoms with van der Waals surface area (Å²) in [6, 6.07) is 9.58. The fourth-order valence-corrected chi connectivity index (χ4v) is 0.675. The number of ether oxygens (including phenoxy) is 1. The molecule has 0 aliphatic rings. The predicted molar refractivity (Wildman–Crippen MR) is 44.7 cm³/mol. The fourth-order valence-electron chi connectivity index (χ4n) is 0.675. The van der Waals surface area contributed by atoms with Crippen LogP contribution in [0.3, 0.4) is 0 Å². The van der Waals surface area contributed by atoms with Gasteiger partial charge in [-0.05, 0) is 12.1 Å². The lowest BCUT2D eigenvalue weighted by Gasteiger charge is -1.96. The van der Waals surface area contributed by atoms with E-state index in [1.807, 2.05) is 30.3 Å². The molecule has 0 aliphatic heterocycles. The first-order valence-electron chi connectivity index (χ1n) is 3.26. The van der Waals surface area contributed by atoms with Gasteiger partial charge in [0.2, 0.25) is 0 Å². The summed E-state index contributed by atoms with van der Waals surface area (Å²) in [4.78, 5) is 3.95. The van der Waals surface area contributed by atoms with E-state index in [2.05, 4.69) is 9.73 Å². The van der Waals surface area contributed by atoms with Crippen LogP contribution >= 0.6 is 0 Å². The molecule has 0 aromatic heterocycles. The number of hydrogen-bond acceptors (Lipinski definition) is 2. The number of nitrogens with two attached hydrogens (primary N) is 1. The van der Waals surface area contributed by atoms with Crippen molar-refractivity contribution in [3.05, 3.63) is 30.3 Å². The van der Waals surface area contributed by atoms with Crippen LogP contribution in [0.25, 0.3) is 0 Å². The highest BCUT2D eigenvalue weighted by molar-refractivity contribution is 5.74. The van der Waals surface area contributed by atoms with Crippen molar-refractivity contribution in [2.75, 3.05) is 7.11 Å². The van der Waals surface area contributed by atoms with Crippen LogP contribution < -0.4 is 5.73 Å². The fraction of sp³-hybridized carbons (Fsp3) is 0.125. The summed E-state index contributed by atoms with van der Waals surface area (Å²) >= 11 is 0. The minimum atomic E-state index is 0.177. The van der Waals surface area contributed by atoms with Crippen LogP contribution in [0.15, 0.2) is 35.3 Å². The summed E-state index contributed by atoms with van der Waals surface area (Å²) < 4.78 is 4.68. The highest BCUT2D eigenvalue weighted by Gasteiger charge is 1.88. The smallest absolute Gasteiger partial charge is 0.286 e. The Kier molecular flexibility index (Phi) is 2.49. The Labute approximate surface area is 65.5 Å². The number of methoxy groups -OCH3 is 1. The normalized spacial score (nSPS) is 11.2. The van der Waals surface area contributed by atoms with Gasteiger partial charge in [-0.2, -0.15) is 4.99 Å². The van der Waals surface area contributed by atoms with Gasteiger partial charge in [-0.15, -0.1) is 0 Å². The van der Waals surface area contributed by atoms with Crippen LogP contribution in [0, 0.1) is 0 Å². The van der Waals surface area contributed by atoms with E-state index in [-0.39, 0.29) is 6.02 Å². The zero-order valence-electron chi connectivity index (χ0n) is 6.32. The first kappa shape index (κ1) is 7.60. The molecule has 0 spiro atoms. The minimum absolute atomic E-state index is 0.177. The minimum Gasteiger partial charge on any atom is -0.469 e. The number of aliphatic imine (C=N–C) groups is 1. The molecular formula is C8H10N2O. The molecule has 0 radical (unpaired) electrons. The number of hydrogen-bond donors (Lipinski definition) is 1. The van der Waals surface area contributed by atoms with Crippen LogP contribution in [-0.4, -0.2) is 13.1 Å². The van der Waals surface area contributed by atoms with E-state index in [0.29, 0.717) is 0 Å². The molecule has 0 saturated heterocycles. The molecule has 3 heteroatoms. The van der Waals surface area contributed by atoms with Crippen molar-refractivity contribution in [2.45, 2.75) is 0 Å². The monoisotopic (exact) mass is 150 g/mol. The largest absolute Gasteiger partial charge is 0.469 e. The quantitative estimate of drug-likeness (QED) is 0.484. The maximum absolute atomic E-state index is 5.33. The summed E-state index contributed by atoms with van der Waals surface area (Å²) in [7, 11) is 1.49. The predicted octanol–water partition coefficient (Wildman–Crippen LogP) is 1.28. The van der Waals surface area contributed by atoms with Crippen molar-refractivity contribution in [3.63, 3.8) is 0 Å². The lowest BCUT2D eigenvalue weighted by Crippen LogP contribution is -2.12. The van der Waals surface area contributed by atoms with E-state index < -0.39 is 0 Å². The topological polar surface area (TPSA) is 47.6 Å². The van der Waals surface area contributed by atoms with Gasteiger partial charge in [-0.25, -0.2) is 0 Å². The lowest BCUT2D eigenvalue weighted by atomic mass is 10.3. The van der Waals surface area contributed by atoms with Crippen LogP contribution in [-0.2, 0) is 4.74 Å². The summed E-state index contributed by atoms with van der Waals surface area (Å²) in [5.74, 6) is 0. The second-order valence-electron chi connectivity index (χ2n) is 1.99. The zero-order chi connectivity index (χ0) is 8.10. The standard InChI is InChI=1S/C8H10N2O/c1-11-8(9)10-7-5-3-2-4-6-7/h2-6H,1H3,(H2,9,10). The molecule has 0 bridgehead atoms. The Morgan fingerprint density at radius 3 is 2.55 bits per heavy atom. The SMILES string of the molecule is COC(N)=Nc1ccccc1. The van der Waals surface area contributed by atoms with E-state index in [1.54, 1.807) is 0 Å². The molecule has 0 unspecified atom stereocenters. The Balaban J connectivity index is 2.79. The molecule has 0 amide bonds.